The van der Waals surface area contributed by atoms with E-state index in [2.05, 4.69) is 6.92 Å². The first-order valence-electron chi connectivity index (χ1n) is 4.40. The quantitative estimate of drug-likeness (QED) is 0.696. The highest BCUT2D eigenvalue weighted by Gasteiger charge is 2.08. The third-order valence-electron chi connectivity index (χ3n) is 1.80. The molecular formula is C11H14FO. The van der Waals surface area contributed by atoms with Crippen molar-refractivity contribution >= 4 is 0 Å². The van der Waals surface area contributed by atoms with Gasteiger partial charge >= 0.3 is 0 Å². The Bertz CT molecular complexity index is 281. The number of benzene rings is 1. The molecule has 0 saturated carbocycles. The second kappa shape index (κ2) is 4.26. The summed E-state index contributed by atoms with van der Waals surface area (Å²) in [7, 11) is 0. The summed E-state index contributed by atoms with van der Waals surface area (Å²) in [6.45, 7) is 8.25. The van der Waals surface area contributed by atoms with Crippen molar-refractivity contribution in [3.63, 3.8) is 0 Å². The first-order valence-corrected chi connectivity index (χ1v) is 4.40. The average molecular weight is 181 g/mol. The minimum absolute atomic E-state index is 0.0391. The van der Waals surface area contributed by atoms with E-state index in [0.717, 1.165) is 11.3 Å². The summed E-state index contributed by atoms with van der Waals surface area (Å²) in [5.74, 6) is 0.526. The van der Waals surface area contributed by atoms with Gasteiger partial charge in [0.25, 0.3) is 0 Å². The Hall–Kier alpha value is -1.05. The lowest BCUT2D eigenvalue weighted by Gasteiger charge is -2.12. The van der Waals surface area contributed by atoms with Crippen molar-refractivity contribution in [1.29, 1.82) is 0 Å². The Morgan fingerprint density at radius 3 is 2.77 bits per heavy atom. The number of rotatable bonds is 3. The molecule has 0 fully saturated rings. The van der Waals surface area contributed by atoms with Crippen LogP contribution < -0.4 is 4.74 Å². The molecule has 2 heteroatoms. The molecule has 0 aliphatic rings. The third kappa shape index (κ3) is 2.44. The second-order valence-corrected chi connectivity index (χ2v) is 3.02. The first kappa shape index (κ1) is 10.0. The summed E-state index contributed by atoms with van der Waals surface area (Å²) in [6, 6.07) is 4.52. The fraction of sp³-hybridized carbons (Fsp3) is 0.364. The minimum Gasteiger partial charge on any atom is -0.494 e. The summed E-state index contributed by atoms with van der Waals surface area (Å²) in [5, 5.41) is 0. The van der Waals surface area contributed by atoms with E-state index < -0.39 is 0 Å². The molecule has 0 aromatic heterocycles. The number of hydrogen-bond donors (Lipinski definition) is 0. The van der Waals surface area contributed by atoms with Crippen molar-refractivity contribution in [2.24, 2.45) is 0 Å². The Balaban J connectivity index is 3.03. The van der Waals surface area contributed by atoms with Gasteiger partial charge in [0, 0.05) is 0 Å². The Morgan fingerprint density at radius 2 is 2.23 bits per heavy atom. The molecule has 0 heterocycles. The molecule has 1 rings (SSSR count). The third-order valence-corrected chi connectivity index (χ3v) is 1.80. The lowest BCUT2D eigenvalue weighted by atomic mass is 10.0. The highest BCUT2D eigenvalue weighted by atomic mass is 19.1. The molecule has 1 radical (unpaired) electrons. The fourth-order valence-corrected chi connectivity index (χ4v) is 1.19. The standard InChI is InChI=1S/C11H14FO/c1-4-13-11-6-5-9(12)7-10(11)8(2)3/h5-8H,2,4H2,1,3H3. The van der Waals surface area contributed by atoms with Crippen LogP contribution in [0.4, 0.5) is 4.39 Å². The summed E-state index contributed by atoms with van der Waals surface area (Å²) < 4.78 is 18.2. The summed E-state index contributed by atoms with van der Waals surface area (Å²) in [4.78, 5) is 0. The van der Waals surface area contributed by atoms with Crippen LogP contribution in [0.15, 0.2) is 18.2 Å². The Labute approximate surface area is 78.5 Å². The van der Waals surface area contributed by atoms with Gasteiger partial charge in [-0.25, -0.2) is 4.39 Å². The lowest BCUT2D eigenvalue weighted by molar-refractivity contribution is 0.335. The largest absolute Gasteiger partial charge is 0.494 e. The van der Waals surface area contributed by atoms with Gasteiger partial charge in [-0.2, -0.15) is 0 Å². The number of halogens is 1. The van der Waals surface area contributed by atoms with E-state index in [0.29, 0.717) is 6.61 Å². The normalized spacial score (nSPS) is 10.5. The Kier molecular flexibility index (Phi) is 3.29. The van der Waals surface area contributed by atoms with Crippen LogP contribution in [0.3, 0.4) is 0 Å². The van der Waals surface area contributed by atoms with E-state index in [9.17, 15) is 4.39 Å². The van der Waals surface area contributed by atoms with Gasteiger partial charge in [0.2, 0.25) is 0 Å². The minimum atomic E-state index is -0.242. The van der Waals surface area contributed by atoms with Crippen LogP contribution in [-0.4, -0.2) is 6.61 Å². The predicted molar refractivity (Wildman–Crippen MR) is 51.3 cm³/mol. The monoisotopic (exact) mass is 181 g/mol. The summed E-state index contributed by atoms with van der Waals surface area (Å²) in [6.07, 6.45) is 0. The lowest BCUT2D eigenvalue weighted by Crippen LogP contribution is -1.98. The van der Waals surface area contributed by atoms with Crippen molar-refractivity contribution in [2.45, 2.75) is 19.8 Å². The molecule has 1 nitrogen and oxygen atoms in total. The molecule has 0 N–H and O–H groups in total. The van der Waals surface area contributed by atoms with Crippen LogP contribution in [0.5, 0.6) is 5.75 Å². The van der Waals surface area contributed by atoms with Gasteiger partial charge in [0.15, 0.2) is 0 Å². The van der Waals surface area contributed by atoms with Crippen LogP contribution in [0.25, 0.3) is 0 Å². The maximum absolute atomic E-state index is 12.9. The highest BCUT2D eigenvalue weighted by molar-refractivity contribution is 5.37. The van der Waals surface area contributed by atoms with Gasteiger partial charge < -0.3 is 4.74 Å². The maximum atomic E-state index is 12.9. The molecule has 1 unspecified atom stereocenters. The van der Waals surface area contributed by atoms with Crippen LogP contribution >= 0.6 is 0 Å². The van der Waals surface area contributed by atoms with Crippen LogP contribution in [0, 0.1) is 12.7 Å². The van der Waals surface area contributed by atoms with E-state index >= 15 is 0 Å². The van der Waals surface area contributed by atoms with Gasteiger partial charge in [0.05, 0.1) is 6.61 Å². The molecule has 0 aliphatic carbocycles. The van der Waals surface area contributed by atoms with Crippen LogP contribution in [0.2, 0.25) is 0 Å². The fourth-order valence-electron chi connectivity index (χ4n) is 1.19. The van der Waals surface area contributed by atoms with E-state index in [-0.39, 0.29) is 11.7 Å². The molecule has 13 heavy (non-hydrogen) atoms. The van der Waals surface area contributed by atoms with Gasteiger partial charge in [-0.1, -0.05) is 6.92 Å². The van der Waals surface area contributed by atoms with Gasteiger partial charge in [-0.15, -0.1) is 0 Å². The number of hydrogen-bond acceptors (Lipinski definition) is 1. The molecule has 0 aliphatic heterocycles. The van der Waals surface area contributed by atoms with Gasteiger partial charge in [-0.3, -0.25) is 0 Å². The van der Waals surface area contributed by atoms with Crippen LogP contribution in [-0.2, 0) is 0 Å². The number of ether oxygens (including phenoxy) is 1. The molecule has 1 atom stereocenters. The van der Waals surface area contributed by atoms with E-state index in [1.54, 1.807) is 6.07 Å². The van der Waals surface area contributed by atoms with Crippen molar-refractivity contribution in [3.8, 4) is 5.75 Å². The van der Waals surface area contributed by atoms with Crippen molar-refractivity contribution in [1.82, 2.24) is 0 Å². The van der Waals surface area contributed by atoms with Gasteiger partial charge in [0.1, 0.15) is 11.6 Å². The first-order chi connectivity index (χ1) is 6.15. The molecule has 0 saturated heterocycles. The molecule has 0 bridgehead atoms. The molecular weight excluding hydrogens is 167 g/mol. The molecule has 1 aromatic carbocycles. The SMILES string of the molecule is [CH2]C(C)c1cc(F)ccc1OCC. The summed E-state index contributed by atoms with van der Waals surface area (Å²) in [5.41, 5.74) is 0.821. The van der Waals surface area contributed by atoms with Crippen molar-refractivity contribution in [3.05, 3.63) is 36.5 Å². The smallest absolute Gasteiger partial charge is 0.123 e. The second-order valence-electron chi connectivity index (χ2n) is 3.02. The Morgan fingerprint density at radius 1 is 1.54 bits per heavy atom. The zero-order chi connectivity index (χ0) is 9.84. The topological polar surface area (TPSA) is 9.23 Å². The average Bonchev–Trinajstić information content (AvgIpc) is 2.08. The van der Waals surface area contributed by atoms with Crippen molar-refractivity contribution < 1.29 is 9.13 Å². The van der Waals surface area contributed by atoms with E-state index in [1.807, 2.05) is 13.8 Å². The molecule has 71 valence electrons. The molecule has 0 spiro atoms. The van der Waals surface area contributed by atoms with E-state index in [4.69, 9.17) is 4.74 Å². The predicted octanol–water partition coefficient (Wildman–Crippen LogP) is 3.16. The summed E-state index contributed by atoms with van der Waals surface area (Å²) >= 11 is 0. The molecule has 1 aromatic rings. The molecule has 0 amide bonds. The zero-order valence-electron chi connectivity index (χ0n) is 8.01. The zero-order valence-corrected chi connectivity index (χ0v) is 8.01. The van der Waals surface area contributed by atoms with Crippen LogP contribution in [0.1, 0.15) is 25.3 Å². The highest BCUT2D eigenvalue weighted by Crippen LogP contribution is 2.26. The maximum Gasteiger partial charge on any atom is 0.123 e. The van der Waals surface area contributed by atoms with E-state index in [1.165, 1.54) is 12.1 Å². The van der Waals surface area contributed by atoms with Gasteiger partial charge in [-0.05, 0) is 43.5 Å². The van der Waals surface area contributed by atoms with Crippen molar-refractivity contribution in [2.75, 3.05) is 6.61 Å².